The normalized spacial score (nSPS) is 24.1. The average molecular weight is 465 g/mol. The van der Waals surface area contributed by atoms with Gasteiger partial charge in [-0.05, 0) is 68.8 Å². The summed E-state index contributed by atoms with van der Waals surface area (Å²) in [4.78, 5) is 18.9. The second kappa shape index (κ2) is 9.15. The standard InChI is InChI=1S/C24H31F3N4O2/c1-29(2)22(32)21-14-23(7-9-30(10-8-23)18-5-11-33-12-6-18)16-31(21)19-4-3-17(15-28)20(13-19)24(25,26)27/h3-4,13,18,21H,5-12,14,16H2,1-2H3. The van der Waals surface area contributed by atoms with Crippen LogP contribution in [0, 0.1) is 16.7 Å². The monoisotopic (exact) mass is 464 g/mol. The molecular formula is C24H31F3N4O2. The Morgan fingerprint density at radius 2 is 1.88 bits per heavy atom. The van der Waals surface area contributed by atoms with Crippen LogP contribution in [0.1, 0.15) is 43.2 Å². The van der Waals surface area contributed by atoms with Gasteiger partial charge in [0.15, 0.2) is 0 Å². The van der Waals surface area contributed by atoms with Crippen LogP contribution in [-0.4, -0.2) is 74.7 Å². The molecule has 0 bridgehead atoms. The summed E-state index contributed by atoms with van der Waals surface area (Å²) in [5.41, 5.74) is -1.11. The number of ether oxygens (including phenoxy) is 1. The van der Waals surface area contributed by atoms with Crippen LogP contribution in [-0.2, 0) is 15.7 Å². The van der Waals surface area contributed by atoms with Gasteiger partial charge in [-0.1, -0.05) is 0 Å². The van der Waals surface area contributed by atoms with E-state index in [9.17, 15) is 18.0 Å². The van der Waals surface area contributed by atoms with Gasteiger partial charge in [-0.3, -0.25) is 4.79 Å². The van der Waals surface area contributed by atoms with E-state index in [1.807, 2.05) is 4.90 Å². The van der Waals surface area contributed by atoms with Crippen molar-refractivity contribution in [1.29, 1.82) is 5.26 Å². The number of piperidine rings is 1. The molecule has 3 aliphatic rings. The van der Waals surface area contributed by atoms with Crippen molar-refractivity contribution in [1.82, 2.24) is 9.80 Å². The highest BCUT2D eigenvalue weighted by molar-refractivity contribution is 5.86. The lowest BCUT2D eigenvalue weighted by Crippen LogP contribution is -2.47. The van der Waals surface area contributed by atoms with Crippen LogP contribution in [0.5, 0.6) is 0 Å². The van der Waals surface area contributed by atoms with Crippen LogP contribution in [0.2, 0.25) is 0 Å². The second-order valence-corrected chi connectivity index (χ2v) is 9.80. The Hall–Kier alpha value is -2.31. The number of carbonyl (C=O) groups excluding carboxylic acids is 1. The van der Waals surface area contributed by atoms with Gasteiger partial charge in [0, 0.05) is 45.6 Å². The Balaban J connectivity index is 1.59. The number of alkyl halides is 3. The first-order valence-electron chi connectivity index (χ1n) is 11.5. The SMILES string of the molecule is CN(C)C(=O)C1CC2(CCN(C3CCOCC3)CC2)CN1c1ccc(C#N)c(C(F)(F)F)c1. The summed E-state index contributed by atoms with van der Waals surface area (Å²) in [6, 6.07) is 5.45. The minimum atomic E-state index is -4.63. The van der Waals surface area contributed by atoms with Crippen LogP contribution in [0.25, 0.3) is 0 Å². The van der Waals surface area contributed by atoms with Crippen molar-refractivity contribution in [3.63, 3.8) is 0 Å². The maximum absolute atomic E-state index is 13.6. The number of rotatable bonds is 3. The molecule has 4 rings (SSSR count). The van der Waals surface area contributed by atoms with Gasteiger partial charge in [-0.15, -0.1) is 0 Å². The van der Waals surface area contributed by atoms with Crippen molar-refractivity contribution in [3.8, 4) is 6.07 Å². The topological polar surface area (TPSA) is 59.8 Å². The summed E-state index contributed by atoms with van der Waals surface area (Å²) in [7, 11) is 3.36. The van der Waals surface area contributed by atoms with Gasteiger partial charge < -0.3 is 19.4 Å². The van der Waals surface area contributed by atoms with E-state index in [4.69, 9.17) is 10.00 Å². The fraction of sp³-hybridized carbons (Fsp3) is 0.667. The number of likely N-dealkylation sites (N-methyl/N-ethyl adjacent to an activating group) is 1. The molecule has 180 valence electrons. The largest absolute Gasteiger partial charge is 0.417 e. The molecule has 0 N–H and O–H groups in total. The van der Waals surface area contributed by atoms with Gasteiger partial charge in [0.25, 0.3) is 0 Å². The summed E-state index contributed by atoms with van der Waals surface area (Å²) < 4.78 is 46.3. The van der Waals surface area contributed by atoms with Gasteiger partial charge in [-0.25, -0.2) is 0 Å². The second-order valence-electron chi connectivity index (χ2n) is 9.80. The molecule has 1 spiro atoms. The molecule has 1 amide bonds. The molecule has 33 heavy (non-hydrogen) atoms. The molecular weight excluding hydrogens is 433 g/mol. The van der Waals surface area contributed by atoms with E-state index in [1.54, 1.807) is 26.2 Å². The summed E-state index contributed by atoms with van der Waals surface area (Å²) in [5, 5.41) is 9.15. The number of amides is 1. The molecule has 0 aliphatic carbocycles. The zero-order valence-corrected chi connectivity index (χ0v) is 19.2. The van der Waals surface area contributed by atoms with Crippen LogP contribution >= 0.6 is 0 Å². The highest BCUT2D eigenvalue weighted by atomic mass is 19.4. The third kappa shape index (κ3) is 4.82. The van der Waals surface area contributed by atoms with Crippen molar-refractivity contribution in [2.45, 2.75) is 50.4 Å². The molecule has 9 heteroatoms. The highest BCUT2D eigenvalue weighted by Gasteiger charge is 2.49. The Labute approximate surface area is 192 Å². The third-order valence-electron chi connectivity index (χ3n) is 7.56. The van der Waals surface area contributed by atoms with Crippen LogP contribution < -0.4 is 4.90 Å². The van der Waals surface area contributed by atoms with Crippen molar-refractivity contribution in [2.75, 3.05) is 51.8 Å². The van der Waals surface area contributed by atoms with Gasteiger partial charge in [0.2, 0.25) is 5.91 Å². The van der Waals surface area contributed by atoms with E-state index < -0.39 is 23.3 Å². The maximum Gasteiger partial charge on any atom is 0.417 e. The van der Waals surface area contributed by atoms with E-state index in [0.29, 0.717) is 24.7 Å². The number of hydrogen-bond donors (Lipinski definition) is 0. The highest BCUT2D eigenvalue weighted by Crippen LogP contribution is 2.47. The van der Waals surface area contributed by atoms with Gasteiger partial charge >= 0.3 is 6.18 Å². The van der Waals surface area contributed by atoms with Crippen LogP contribution in [0.4, 0.5) is 18.9 Å². The molecule has 1 aromatic carbocycles. The van der Waals surface area contributed by atoms with Crippen molar-refractivity contribution in [2.24, 2.45) is 5.41 Å². The number of halogens is 3. The van der Waals surface area contributed by atoms with Gasteiger partial charge in [0.1, 0.15) is 6.04 Å². The van der Waals surface area contributed by atoms with E-state index in [0.717, 1.165) is 58.1 Å². The van der Waals surface area contributed by atoms with E-state index in [1.165, 1.54) is 11.0 Å². The number of likely N-dealkylation sites (tertiary alicyclic amines) is 1. The summed E-state index contributed by atoms with van der Waals surface area (Å²) in [5.74, 6) is -0.100. The molecule has 6 nitrogen and oxygen atoms in total. The molecule has 3 fully saturated rings. The number of benzene rings is 1. The van der Waals surface area contributed by atoms with Gasteiger partial charge in [-0.2, -0.15) is 18.4 Å². The number of carbonyl (C=O) groups is 1. The lowest BCUT2D eigenvalue weighted by molar-refractivity contribution is -0.137. The summed E-state index contributed by atoms with van der Waals surface area (Å²) >= 11 is 0. The first kappa shape index (κ1) is 23.8. The van der Waals surface area contributed by atoms with Crippen molar-refractivity contribution in [3.05, 3.63) is 29.3 Å². The lowest BCUT2D eigenvalue weighted by atomic mass is 9.76. The average Bonchev–Trinajstić information content (AvgIpc) is 3.17. The van der Waals surface area contributed by atoms with Crippen molar-refractivity contribution >= 4 is 11.6 Å². The Morgan fingerprint density at radius 1 is 1.21 bits per heavy atom. The molecule has 3 saturated heterocycles. The van der Waals surface area contributed by atoms with Crippen LogP contribution in [0.15, 0.2) is 18.2 Å². The Kier molecular flexibility index (Phi) is 6.61. The molecule has 1 atom stereocenters. The summed E-state index contributed by atoms with van der Waals surface area (Å²) in [6.07, 6.45) is -0.0961. The molecule has 3 heterocycles. The number of nitrogens with zero attached hydrogens (tertiary/aromatic N) is 4. The lowest BCUT2D eigenvalue weighted by Gasteiger charge is -2.43. The van der Waals surface area contributed by atoms with Crippen LogP contribution in [0.3, 0.4) is 0 Å². The quantitative estimate of drug-likeness (QED) is 0.685. The van der Waals surface area contributed by atoms with E-state index >= 15 is 0 Å². The predicted octanol–water partition coefficient (Wildman–Crippen LogP) is 3.51. The summed E-state index contributed by atoms with van der Waals surface area (Å²) in [6.45, 7) is 3.99. The Bertz CT molecular complexity index is 913. The van der Waals surface area contributed by atoms with E-state index in [2.05, 4.69) is 4.90 Å². The molecule has 0 radical (unpaired) electrons. The minimum absolute atomic E-state index is 0.100. The molecule has 0 aromatic heterocycles. The molecule has 0 saturated carbocycles. The fourth-order valence-electron chi connectivity index (χ4n) is 5.67. The molecule has 1 aromatic rings. The first-order valence-corrected chi connectivity index (χ1v) is 11.5. The smallest absolute Gasteiger partial charge is 0.381 e. The molecule has 1 unspecified atom stereocenters. The predicted molar refractivity (Wildman–Crippen MR) is 118 cm³/mol. The first-order chi connectivity index (χ1) is 15.6. The minimum Gasteiger partial charge on any atom is -0.381 e. The van der Waals surface area contributed by atoms with Crippen molar-refractivity contribution < 1.29 is 22.7 Å². The zero-order valence-electron chi connectivity index (χ0n) is 19.2. The van der Waals surface area contributed by atoms with Gasteiger partial charge in [0.05, 0.1) is 17.2 Å². The number of nitriles is 1. The molecule has 3 aliphatic heterocycles. The maximum atomic E-state index is 13.6. The number of anilines is 1. The zero-order chi connectivity index (χ0) is 23.8. The fourth-order valence-corrected chi connectivity index (χ4v) is 5.67. The Morgan fingerprint density at radius 3 is 2.45 bits per heavy atom. The third-order valence-corrected chi connectivity index (χ3v) is 7.56. The van der Waals surface area contributed by atoms with E-state index in [-0.39, 0.29) is 11.3 Å². The number of hydrogen-bond acceptors (Lipinski definition) is 5.